The van der Waals surface area contributed by atoms with Gasteiger partial charge in [-0.1, -0.05) is 65.7 Å². The van der Waals surface area contributed by atoms with Crippen molar-refractivity contribution in [2.45, 2.75) is 12.8 Å². The first-order valence-corrected chi connectivity index (χ1v) is 8.10. The van der Waals surface area contributed by atoms with Gasteiger partial charge in [0.05, 0.1) is 10.0 Å². The van der Waals surface area contributed by atoms with Crippen LogP contribution in [0.4, 0.5) is 5.69 Å². The van der Waals surface area contributed by atoms with Gasteiger partial charge in [0.15, 0.2) is 0 Å². The summed E-state index contributed by atoms with van der Waals surface area (Å²) >= 11 is 11.8. The van der Waals surface area contributed by atoms with E-state index in [4.69, 9.17) is 23.2 Å². The number of anilines is 1. The Balaban J connectivity index is 1.67. The number of halogens is 2. The minimum absolute atomic E-state index is 0.0451. The Bertz CT molecular complexity index is 856. The predicted octanol–water partition coefficient (Wildman–Crippen LogP) is 5.72. The molecule has 0 bridgehead atoms. The zero-order valence-electron chi connectivity index (χ0n) is 12.4. The van der Waals surface area contributed by atoms with Crippen LogP contribution in [0.5, 0.6) is 0 Å². The van der Waals surface area contributed by atoms with Crippen LogP contribution in [0, 0.1) is 0 Å². The molecule has 0 aliphatic rings. The fraction of sp³-hybridized carbons (Fsp3) is 0.105. The van der Waals surface area contributed by atoms with Crippen LogP contribution in [0.25, 0.3) is 10.8 Å². The molecule has 0 radical (unpaired) electrons. The third kappa shape index (κ3) is 3.84. The maximum Gasteiger partial charge on any atom is 0.224 e. The summed E-state index contributed by atoms with van der Waals surface area (Å²) in [6.45, 7) is 0. The highest BCUT2D eigenvalue weighted by atomic mass is 35.5. The number of fused-ring (bicyclic) bond motifs is 1. The summed E-state index contributed by atoms with van der Waals surface area (Å²) in [4.78, 5) is 12.1. The number of hydrogen-bond acceptors (Lipinski definition) is 1. The Hall–Kier alpha value is -2.03. The number of rotatable bonds is 4. The largest absolute Gasteiger partial charge is 0.326 e. The number of carbonyl (C=O) groups is 1. The molecule has 0 atom stereocenters. The summed E-state index contributed by atoms with van der Waals surface area (Å²) in [5.41, 5.74) is 1.83. The van der Waals surface area contributed by atoms with Crippen molar-refractivity contribution in [3.8, 4) is 0 Å². The lowest BCUT2D eigenvalue weighted by Gasteiger charge is -2.08. The molecule has 3 aromatic carbocycles. The lowest BCUT2D eigenvalue weighted by atomic mass is 10.0. The van der Waals surface area contributed by atoms with Crippen molar-refractivity contribution in [2.24, 2.45) is 0 Å². The van der Waals surface area contributed by atoms with Gasteiger partial charge in [-0.15, -0.1) is 0 Å². The Morgan fingerprint density at radius 2 is 1.70 bits per heavy atom. The Morgan fingerprint density at radius 1 is 0.913 bits per heavy atom. The monoisotopic (exact) mass is 343 g/mol. The van der Waals surface area contributed by atoms with E-state index in [-0.39, 0.29) is 5.91 Å². The van der Waals surface area contributed by atoms with Crippen LogP contribution in [-0.2, 0) is 11.2 Å². The van der Waals surface area contributed by atoms with Crippen molar-refractivity contribution in [1.29, 1.82) is 0 Å². The molecule has 0 saturated heterocycles. The van der Waals surface area contributed by atoms with E-state index in [1.165, 1.54) is 16.3 Å². The molecule has 0 spiro atoms. The third-order valence-electron chi connectivity index (χ3n) is 3.70. The maximum atomic E-state index is 12.1. The Labute approximate surface area is 145 Å². The van der Waals surface area contributed by atoms with E-state index in [1.807, 2.05) is 18.2 Å². The first-order chi connectivity index (χ1) is 11.1. The van der Waals surface area contributed by atoms with Crippen LogP contribution >= 0.6 is 23.2 Å². The maximum absolute atomic E-state index is 12.1. The van der Waals surface area contributed by atoms with Gasteiger partial charge in [-0.2, -0.15) is 0 Å². The van der Waals surface area contributed by atoms with Crippen LogP contribution in [0.1, 0.15) is 12.0 Å². The van der Waals surface area contributed by atoms with Gasteiger partial charge >= 0.3 is 0 Å². The van der Waals surface area contributed by atoms with E-state index >= 15 is 0 Å². The fourth-order valence-corrected chi connectivity index (χ4v) is 2.85. The summed E-state index contributed by atoms with van der Waals surface area (Å²) < 4.78 is 0. The first-order valence-electron chi connectivity index (χ1n) is 7.35. The molecule has 2 nitrogen and oxygen atoms in total. The number of aryl methyl sites for hydroxylation is 1. The van der Waals surface area contributed by atoms with E-state index in [9.17, 15) is 4.79 Å². The van der Waals surface area contributed by atoms with Gasteiger partial charge in [-0.05, 0) is 41.0 Å². The minimum Gasteiger partial charge on any atom is -0.326 e. The summed E-state index contributed by atoms with van der Waals surface area (Å²) in [5, 5.41) is 6.13. The molecule has 0 saturated carbocycles. The van der Waals surface area contributed by atoms with Gasteiger partial charge in [0.1, 0.15) is 0 Å². The molecule has 1 amide bonds. The summed E-state index contributed by atoms with van der Waals surface area (Å²) in [6, 6.07) is 19.4. The first kappa shape index (κ1) is 15.9. The van der Waals surface area contributed by atoms with Crippen molar-refractivity contribution in [3.05, 3.63) is 76.3 Å². The number of nitrogens with one attached hydrogen (secondary N) is 1. The highest BCUT2D eigenvalue weighted by Gasteiger charge is 2.07. The van der Waals surface area contributed by atoms with Gasteiger partial charge in [0.2, 0.25) is 5.91 Å². The molecular weight excluding hydrogens is 329 g/mol. The molecule has 3 aromatic rings. The quantitative estimate of drug-likeness (QED) is 0.644. The Morgan fingerprint density at radius 3 is 2.52 bits per heavy atom. The second kappa shape index (κ2) is 7.03. The van der Waals surface area contributed by atoms with E-state index in [2.05, 4.69) is 29.6 Å². The second-order valence-electron chi connectivity index (χ2n) is 5.32. The van der Waals surface area contributed by atoms with Crippen LogP contribution in [0.2, 0.25) is 10.0 Å². The standard InChI is InChI=1S/C19H15Cl2NO/c20-17-10-9-15(12-18(17)21)22-19(23)11-8-14-6-3-5-13-4-1-2-7-16(13)14/h1-7,9-10,12H,8,11H2,(H,22,23). The van der Waals surface area contributed by atoms with Gasteiger partial charge in [0, 0.05) is 12.1 Å². The molecule has 0 aromatic heterocycles. The molecule has 3 rings (SSSR count). The van der Waals surface area contributed by atoms with Crippen molar-refractivity contribution in [3.63, 3.8) is 0 Å². The topological polar surface area (TPSA) is 29.1 Å². The van der Waals surface area contributed by atoms with Crippen LogP contribution in [-0.4, -0.2) is 5.91 Å². The predicted molar refractivity (Wildman–Crippen MR) is 97.4 cm³/mol. The third-order valence-corrected chi connectivity index (χ3v) is 4.44. The van der Waals surface area contributed by atoms with Gasteiger partial charge in [-0.3, -0.25) is 4.79 Å². The Kier molecular flexibility index (Phi) is 4.85. The SMILES string of the molecule is O=C(CCc1cccc2ccccc12)Nc1ccc(Cl)c(Cl)c1. The van der Waals surface area contributed by atoms with Crippen molar-refractivity contribution >= 4 is 45.6 Å². The summed E-state index contributed by atoms with van der Waals surface area (Å²) in [7, 11) is 0. The minimum atomic E-state index is -0.0451. The molecule has 0 aliphatic carbocycles. The van der Waals surface area contributed by atoms with E-state index < -0.39 is 0 Å². The average Bonchev–Trinajstić information content (AvgIpc) is 2.56. The second-order valence-corrected chi connectivity index (χ2v) is 6.13. The normalized spacial score (nSPS) is 10.7. The molecule has 116 valence electrons. The summed E-state index contributed by atoms with van der Waals surface area (Å²) in [6.07, 6.45) is 1.10. The van der Waals surface area contributed by atoms with E-state index in [0.717, 1.165) is 0 Å². The smallest absolute Gasteiger partial charge is 0.224 e. The number of benzene rings is 3. The molecule has 0 heterocycles. The molecular formula is C19H15Cl2NO. The molecule has 0 aliphatic heterocycles. The van der Waals surface area contributed by atoms with Gasteiger partial charge < -0.3 is 5.32 Å². The van der Waals surface area contributed by atoms with Crippen molar-refractivity contribution < 1.29 is 4.79 Å². The van der Waals surface area contributed by atoms with E-state index in [1.54, 1.807) is 18.2 Å². The molecule has 4 heteroatoms. The van der Waals surface area contributed by atoms with Crippen LogP contribution < -0.4 is 5.32 Å². The zero-order chi connectivity index (χ0) is 16.2. The molecule has 0 unspecified atom stereocenters. The molecule has 23 heavy (non-hydrogen) atoms. The highest BCUT2D eigenvalue weighted by molar-refractivity contribution is 6.42. The highest BCUT2D eigenvalue weighted by Crippen LogP contribution is 2.25. The van der Waals surface area contributed by atoms with Crippen LogP contribution in [0.15, 0.2) is 60.7 Å². The van der Waals surface area contributed by atoms with Gasteiger partial charge in [0.25, 0.3) is 0 Å². The van der Waals surface area contributed by atoms with Crippen molar-refractivity contribution in [1.82, 2.24) is 0 Å². The average molecular weight is 344 g/mol. The lowest BCUT2D eigenvalue weighted by Crippen LogP contribution is -2.12. The van der Waals surface area contributed by atoms with E-state index in [0.29, 0.717) is 28.6 Å². The lowest BCUT2D eigenvalue weighted by molar-refractivity contribution is -0.116. The number of hydrogen-bond donors (Lipinski definition) is 1. The number of carbonyl (C=O) groups excluding carboxylic acids is 1. The number of amides is 1. The van der Waals surface area contributed by atoms with Crippen LogP contribution in [0.3, 0.4) is 0 Å². The fourth-order valence-electron chi connectivity index (χ4n) is 2.56. The molecule has 1 N–H and O–H groups in total. The van der Waals surface area contributed by atoms with Crippen molar-refractivity contribution in [2.75, 3.05) is 5.32 Å². The summed E-state index contributed by atoms with van der Waals surface area (Å²) in [5.74, 6) is -0.0451. The zero-order valence-corrected chi connectivity index (χ0v) is 13.9. The van der Waals surface area contributed by atoms with Gasteiger partial charge in [-0.25, -0.2) is 0 Å². The molecule has 0 fully saturated rings.